The number of aromatic nitrogens is 3. The molecule has 0 fully saturated rings. The first-order valence-electron chi connectivity index (χ1n) is 7.51. The maximum atomic E-state index is 12.2. The molecule has 0 unspecified atom stereocenters. The number of aryl methyl sites for hydroxylation is 1. The average Bonchev–Trinajstić information content (AvgIpc) is 3.08. The van der Waals surface area contributed by atoms with Crippen LogP contribution in [0.25, 0.3) is 11.3 Å². The van der Waals surface area contributed by atoms with Crippen LogP contribution in [0.1, 0.15) is 16.1 Å². The van der Waals surface area contributed by atoms with E-state index in [1.807, 2.05) is 49.5 Å². The molecule has 5 nitrogen and oxygen atoms in total. The van der Waals surface area contributed by atoms with E-state index in [9.17, 15) is 4.79 Å². The van der Waals surface area contributed by atoms with Crippen molar-refractivity contribution in [1.82, 2.24) is 14.8 Å². The normalized spacial score (nSPS) is 10.6. The number of benzene rings is 1. The molecule has 0 amide bonds. The molecule has 2 heterocycles. The molecular weight excluding hydrogens is 370 g/mol. The van der Waals surface area contributed by atoms with Crippen molar-refractivity contribution in [1.29, 1.82) is 0 Å². The van der Waals surface area contributed by atoms with Gasteiger partial charge in [-0.15, -0.1) is 0 Å². The van der Waals surface area contributed by atoms with Crippen molar-refractivity contribution in [2.45, 2.75) is 13.5 Å². The minimum absolute atomic E-state index is 0.271. The lowest BCUT2D eigenvalue weighted by Crippen LogP contribution is -2.13. The van der Waals surface area contributed by atoms with Crippen LogP contribution in [0.4, 0.5) is 0 Å². The fourth-order valence-electron chi connectivity index (χ4n) is 2.33. The monoisotopic (exact) mass is 385 g/mol. The van der Waals surface area contributed by atoms with Gasteiger partial charge in [0.05, 0.1) is 23.5 Å². The van der Waals surface area contributed by atoms with Gasteiger partial charge in [0.15, 0.2) is 0 Å². The van der Waals surface area contributed by atoms with E-state index in [1.54, 1.807) is 16.9 Å². The predicted octanol–water partition coefficient (Wildman–Crippen LogP) is 3.87. The lowest BCUT2D eigenvalue weighted by atomic mass is 10.1. The molecule has 1 aromatic carbocycles. The Bertz CT molecular complexity index is 847. The van der Waals surface area contributed by atoms with Gasteiger partial charge in [-0.25, -0.2) is 4.79 Å². The maximum absolute atomic E-state index is 12.2. The van der Waals surface area contributed by atoms with Crippen molar-refractivity contribution in [3.63, 3.8) is 0 Å². The van der Waals surface area contributed by atoms with Crippen molar-refractivity contribution >= 4 is 21.9 Å². The quantitative estimate of drug-likeness (QED) is 0.625. The SMILES string of the molecule is Cc1nc(-c2cccc(Br)c2)ccc1C(=O)OCCn1cccn1. The van der Waals surface area contributed by atoms with E-state index in [-0.39, 0.29) is 12.6 Å². The largest absolute Gasteiger partial charge is 0.460 e. The van der Waals surface area contributed by atoms with Gasteiger partial charge in [-0.1, -0.05) is 28.1 Å². The van der Waals surface area contributed by atoms with E-state index < -0.39 is 0 Å². The Morgan fingerprint density at radius 3 is 2.83 bits per heavy atom. The van der Waals surface area contributed by atoms with Crippen LogP contribution < -0.4 is 0 Å². The molecule has 0 saturated heterocycles. The molecule has 0 N–H and O–H groups in total. The predicted molar refractivity (Wildman–Crippen MR) is 94.6 cm³/mol. The molecule has 122 valence electrons. The molecule has 0 aliphatic heterocycles. The Balaban J connectivity index is 1.69. The second-order valence-electron chi connectivity index (χ2n) is 5.24. The molecule has 0 spiro atoms. The van der Waals surface area contributed by atoms with Crippen LogP contribution >= 0.6 is 15.9 Å². The third-order valence-corrected chi connectivity index (χ3v) is 4.03. The smallest absolute Gasteiger partial charge is 0.340 e. The summed E-state index contributed by atoms with van der Waals surface area (Å²) in [6.45, 7) is 2.61. The number of halogens is 1. The van der Waals surface area contributed by atoms with Crippen molar-refractivity contribution < 1.29 is 9.53 Å². The number of ether oxygens (including phenoxy) is 1. The maximum Gasteiger partial charge on any atom is 0.340 e. The first-order valence-corrected chi connectivity index (χ1v) is 8.31. The minimum Gasteiger partial charge on any atom is -0.460 e. The van der Waals surface area contributed by atoms with Gasteiger partial charge in [0.1, 0.15) is 6.61 Å². The Morgan fingerprint density at radius 2 is 2.12 bits per heavy atom. The van der Waals surface area contributed by atoms with Gasteiger partial charge >= 0.3 is 5.97 Å². The van der Waals surface area contributed by atoms with E-state index in [0.717, 1.165) is 15.7 Å². The van der Waals surface area contributed by atoms with Gasteiger partial charge in [-0.05, 0) is 37.3 Å². The van der Waals surface area contributed by atoms with E-state index in [1.165, 1.54) is 0 Å². The zero-order chi connectivity index (χ0) is 16.9. The number of nitrogens with zero attached hydrogens (tertiary/aromatic N) is 3. The fraction of sp³-hybridized carbons (Fsp3) is 0.167. The van der Waals surface area contributed by atoms with Gasteiger partial charge in [-0.3, -0.25) is 9.67 Å². The number of hydrogen-bond acceptors (Lipinski definition) is 4. The van der Waals surface area contributed by atoms with Crippen LogP contribution in [0.2, 0.25) is 0 Å². The van der Waals surface area contributed by atoms with E-state index in [2.05, 4.69) is 26.0 Å². The van der Waals surface area contributed by atoms with Crippen molar-refractivity contribution in [3.8, 4) is 11.3 Å². The van der Waals surface area contributed by atoms with E-state index in [0.29, 0.717) is 17.8 Å². The van der Waals surface area contributed by atoms with Crippen LogP contribution in [-0.2, 0) is 11.3 Å². The number of hydrogen-bond donors (Lipinski definition) is 0. The molecule has 3 aromatic rings. The first-order chi connectivity index (χ1) is 11.6. The fourth-order valence-corrected chi connectivity index (χ4v) is 2.73. The van der Waals surface area contributed by atoms with Gasteiger partial charge in [0.2, 0.25) is 0 Å². The molecule has 6 heteroatoms. The number of carbonyl (C=O) groups is 1. The summed E-state index contributed by atoms with van der Waals surface area (Å²) < 4.78 is 8.00. The number of esters is 1. The molecule has 0 aliphatic rings. The summed E-state index contributed by atoms with van der Waals surface area (Å²) in [5, 5.41) is 4.06. The lowest BCUT2D eigenvalue weighted by Gasteiger charge is -2.09. The van der Waals surface area contributed by atoms with Crippen LogP contribution in [-0.4, -0.2) is 27.3 Å². The topological polar surface area (TPSA) is 57.0 Å². The molecule has 24 heavy (non-hydrogen) atoms. The van der Waals surface area contributed by atoms with Gasteiger partial charge in [0, 0.05) is 22.4 Å². The summed E-state index contributed by atoms with van der Waals surface area (Å²) in [7, 11) is 0. The van der Waals surface area contributed by atoms with Crippen LogP contribution in [0.15, 0.2) is 59.3 Å². The number of pyridine rings is 1. The second kappa shape index (κ2) is 7.40. The molecule has 0 aliphatic carbocycles. The molecule has 0 saturated carbocycles. The zero-order valence-corrected chi connectivity index (χ0v) is 14.7. The highest BCUT2D eigenvalue weighted by atomic mass is 79.9. The van der Waals surface area contributed by atoms with Gasteiger partial charge in [0.25, 0.3) is 0 Å². The van der Waals surface area contributed by atoms with Gasteiger partial charge < -0.3 is 4.74 Å². The highest BCUT2D eigenvalue weighted by Crippen LogP contribution is 2.22. The van der Waals surface area contributed by atoms with Crippen molar-refractivity contribution in [2.75, 3.05) is 6.61 Å². The van der Waals surface area contributed by atoms with E-state index in [4.69, 9.17) is 4.74 Å². The molecule has 0 radical (unpaired) electrons. The molecule has 0 bridgehead atoms. The third kappa shape index (κ3) is 3.89. The summed E-state index contributed by atoms with van der Waals surface area (Å²) in [5.41, 5.74) is 2.94. The zero-order valence-electron chi connectivity index (χ0n) is 13.1. The summed E-state index contributed by atoms with van der Waals surface area (Å²) >= 11 is 3.45. The highest BCUT2D eigenvalue weighted by molar-refractivity contribution is 9.10. The Morgan fingerprint density at radius 1 is 1.25 bits per heavy atom. The lowest BCUT2D eigenvalue weighted by molar-refractivity contribution is 0.0486. The summed E-state index contributed by atoms with van der Waals surface area (Å²) in [6, 6.07) is 13.3. The van der Waals surface area contributed by atoms with Gasteiger partial charge in [-0.2, -0.15) is 5.10 Å². The summed E-state index contributed by atoms with van der Waals surface area (Å²) in [6.07, 6.45) is 3.52. The van der Waals surface area contributed by atoms with E-state index >= 15 is 0 Å². The first kappa shape index (κ1) is 16.4. The standard InChI is InChI=1S/C18H16BrN3O2/c1-13-16(18(23)24-11-10-22-9-3-8-20-22)6-7-17(21-13)14-4-2-5-15(19)12-14/h2-9,12H,10-11H2,1H3. The third-order valence-electron chi connectivity index (χ3n) is 3.54. The number of carbonyl (C=O) groups excluding carboxylic acids is 1. The van der Waals surface area contributed by atoms with Crippen LogP contribution in [0, 0.1) is 6.92 Å². The van der Waals surface area contributed by atoms with Crippen molar-refractivity contribution in [2.24, 2.45) is 0 Å². The molecule has 3 rings (SSSR count). The van der Waals surface area contributed by atoms with Crippen molar-refractivity contribution in [3.05, 3.63) is 70.6 Å². The van der Waals surface area contributed by atoms with Crippen LogP contribution in [0.3, 0.4) is 0 Å². The molecular formula is C18H16BrN3O2. The second-order valence-corrected chi connectivity index (χ2v) is 6.16. The Labute approximate surface area is 148 Å². The summed E-state index contributed by atoms with van der Waals surface area (Å²) in [4.78, 5) is 16.7. The Hall–Kier alpha value is -2.47. The Kier molecular flexibility index (Phi) is 5.05. The molecule has 0 atom stereocenters. The van der Waals surface area contributed by atoms with Crippen LogP contribution in [0.5, 0.6) is 0 Å². The number of rotatable bonds is 5. The minimum atomic E-state index is -0.368. The highest BCUT2D eigenvalue weighted by Gasteiger charge is 2.13. The average molecular weight is 386 g/mol. The molecule has 2 aromatic heterocycles. The summed E-state index contributed by atoms with van der Waals surface area (Å²) in [5.74, 6) is -0.368.